The van der Waals surface area contributed by atoms with Gasteiger partial charge < -0.3 is 15.4 Å². The van der Waals surface area contributed by atoms with Crippen LogP contribution >= 0.6 is 0 Å². The summed E-state index contributed by atoms with van der Waals surface area (Å²) in [6.45, 7) is 1.76. The Kier molecular flexibility index (Phi) is 3.24. The number of rotatable bonds is 2. The molecule has 2 rings (SSSR count). The lowest BCUT2D eigenvalue weighted by Gasteiger charge is -2.26. The molecule has 0 amide bonds. The van der Waals surface area contributed by atoms with Crippen molar-refractivity contribution in [3.63, 3.8) is 0 Å². The van der Waals surface area contributed by atoms with Gasteiger partial charge in [0.1, 0.15) is 11.6 Å². The normalized spacial score (nSPS) is 25.4. The van der Waals surface area contributed by atoms with Crippen molar-refractivity contribution in [3.05, 3.63) is 22.2 Å². The Hall–Kier alpha value is -1.36. The van der Waals surface area contributed by atoms with Crippen LogP contribution < -0.4 is 10.9 Å². The maximum Gasteiger partial charge on any atom is 0.252 e. The van der Waals surface area contributed by atoms with Gasteiger partial charge in [-0.05, 0) is 32.6 Å². The Morgan fingerprint density at radius 2 is 2.12 bits per heavy atom. The summed E-state index contributed by atoms with van der Waals surface area (Å²) in [5.41, 5.74) is -0.133. The first kappa shape index (κ1) is 11.1. The highest BCUT2D eigenvalue weighted by atomic mass is 16.3. The number of hydrogen-bond donors (Lipinski definition) is 3. The van der Waals surface area contributed by atoms with E-state index in [9.17, 15) is 9.90 Å². The molecule has 1 aliphatic rings. The molecular weight excluding hydrogens is 206 g/mol. The number of anilines is 1. The van der Waals surface area contributed by atoms with Crippen molar-refractivity contribution in [1.82, 2.24) is 9.97 Å². The summed E-state index contributed by atoms with van der Waals surface area (Å²) >= 11 is 0. The first-order valence-electron chi connectivity index (χ1n) is 5.66. The van der Waals surface area contributed by atoms with Gasteiger partial charge in [-0.15, -0.1) is 0 Å². The van der Waals surface area contributed by atoms with Gasteiger partial charge in [0.25, 0.3) is 5.56 Å². The van der Waals surface area contributed by atoms with Crippen LogP contribution in [-0.2, 0) is 0 Å². The van der Waals surface area contributed by atoms with Gasteiger partial charge in [0.2, 0.25) is 0 Å². The van der Waals surface area contributed by atoms with Crippen LogP contribution in [-0.4, -0.2) is 27.2 Å². The van der Waals surface area contributed by atoms with Crippen molar-refractivity contribution < 1.29 is 5.11 Å². The summed E-state index contributed by atoms with van der Waals surface area (Å²) in [7, 11) is 0. The lowest BCUT2D eigenvalue weighted by Crippen LogP contribution is -2.29. The number of aryl methyl sites for hydroxylation is 1. The minimum Gasteiger partial charge on any atom is -0.393 e. The third-order valence-electron chi connectivity index (χ3n) is 2.91. The molecule has 0 bridgehead atoms. The smallest absolute Gasteiger partial charge is 0.252 e. The number of nitrogens with one attached hydrogen (secondary N) is 2. The van der Waals surface area contributed by atoms with Gasteiger partial charge in [0.05, 0.1) is 6.10 Å². The number of H-pyrrole nitrogens is 1. The van der Waals surface area contributed by atoms with E-state index in [-0.39, 0.29) is 11.7 Å². The zero-order valence-corrected chi connectivity index (χ0v) is 9.36. The Balaban J connectivity index is 2.01. The van der Waals surface area contributed by atoms with E-state index in [4.69, 9.17) is 0 Å². The molecule has 1 fully saturated rings. The molecule has 1 aromatic rings. The molecule has 3 N–H and O–H groups in total. The largest absolute Gasteiger partial charge is 0.393 e. The quantitative estimate of drug-likeness (QED) is 0.692. The molecule has 0 spiro atoms. The molecule has 5 heteroatoms. The van der Waals surface area contributed by atoms with Crippen LogP contribution in [0.3, 0.4) is 0 Å². The highest BCUT2D eigenvalue weighted by Gasteiger charge is 2.19. The molecular formula is C11H17N3O2. The molecule has 16 heavy (non-hydrogen) atoms. The lowest BCUT2D eigenvalue weighted by atomic mass is 9.93. The zero-order chi connectivity index (χ0) is 11.5. The summed E-state index contributed by atoms with van der Waals surface area (Å²) < 4.78 is 0. The second-order valence-electron chi connectivity index (χ2n) is 4.37. The minimum absolute atomic E-state index is 0.133. The van der Waals surface area contributed by atoms with Gasteiger partial charge in [0, 0.05) is 12.1 Å². The van der Waals surface area contributed by atoms with E-state index in [1.165, 1.54) is 6.07 Å². The zero-order valence-electron chi connectivity index (χ0n) is 9.36. The van der Waals surface area contributed by atoms with Crippen LogP contribution in [0.2, 0.25) is 0 Å². The maximum atomic E-state index is 11.2. The van der Waals surface area contributed by atoms with E-state index in [0.717, 1.165) is 25.7 Å². The molecule has 1 aliphatic carbocycles. The van der Waals surface area contributed by atoms with Gasteiger partial charge in [-0.1, -0.05) is 0 Å². The maximum absolute atomic E-state index is 11.2. The van der Waals surface area contributed by atoms with Crippen molar-refractivity contribution in [2.24, 2.45) is 0 Å². The highest BCUT2D eigenvalue weighted by Crippen LogP contribution is 2.20. The molecule has 0 atom stereocenters. The van der Waals surface area contributed by atoms with Crippen LogP contribution in [0.1, 0.15) is 31.5 Å². The van der Waals surface area contributed by atoms with E-state index in [0.29, 0.717) is 17.7 Å². The van der Waals surface area contributed by atoms with Crippen LogP contribution in [0, 0.1) is 6.92 Å². The van der Waals surface area contributed by atoms with Crippen molar-refractivity contribution in [2.75, 3.05) is 5.32 Å². The molecule has 1 aromatic heterocycles. The van der Waals surface area contributed by atoms with Crippen LogP contribution in [0.5, 0.6) is 0 Å². The molecule has 1 saturated carbocycles. The number of aromatic nitrogens is 2. The summed E-state index contributed by atoms with van der Waals surface area (Å²) in [5.74, 6) is 1.24. The Morgan fingerprint density at radius 3 is 2.75 bits per heavy atom. The predicted octanol–water partition coefficient (Wildman–Crippen LogP) is 0.794. The third-order valence-corrected chi connectivity index (χ3v) is 2.91. The van der Waals surface area contributed by atoms with Crippen molar-refractivity contribution in [1.29, 1.82) is 0 Å². The number of hydrogen-bond acceptors (Lipinski definition) is 4. The molecule has 1 heterocycles. The second kappa shape index (κ2) is 4.65. The summed E-state index contributed by atoms with van der Waals surface area (Å²) in [5, 5.41) is 12.6. The Labute approximate surface area is 93.9 Å². The van der Waals surface area contributed by atoms with Crippen molar-refractivity contribution in [3.8, 4) is 0 Å². The Morgan fingerprint density at radius 1 is 1.44 bits per heavy atom. The SMILES string of the molecule is Cc1nc(NC2CCC(O)CC2)cc(=O)[nH]1. The Bertz CT molecular complexity index is 408. The van der Waals surface area contributed by atoms with E-state index in [2.05, 4.69) is 15.3 Å². The minimum atomic E-state index is -0.160. The number of nitrogens with zero attached hydrogens (tertiary/aromatic N) is 1. The van der Waals surface area contributed by atoms with Gasteiger partial charge in [0.15, 0.2) is 0 Å². The monoisotopic (exact) mass is 223 g/mol. The highest BCUT2D eigenvalue weighted by molar-refractivity contribution is 5.34. The summed E-state index contributed by atoms with van der Waals surface area (Å²) in [6, 6.07) is 1.79. The number of aromatic amines is 1. The molecule has 0 radical (unpaired) electrons. The van der Waals surface area contributed by atoms with Crippen LogP contribution in [0.25, 0.3) is 0 Å². The fourth-order valence-electron chi connectivity index (χ4n) is 2.08. The van der Waals surface area contributed by atoms with E-state index in [1.807, 2.05) is 0 Å². The standard InChI is InChI=1S/C11H17N3O2/c1-7-12-10(6-11(16)13-7)14-8-2-4-9(15)5-3-8/h6,8-9,15H,2-5H2,1H3,(H2,12,13,14,16). The number of aliphatic hydroxyl groups is 1. The molecule has 0 aromatic carbocycles. The topological polar surface area (TPSA) is 78.0 Å². The molecule has 5 nitrogen and oxygen atoms in total. The van der Waals surface area contributed by atoms with Crippen LogP contribution in [0.4, 0.5) is 5.82 Å². The molecule has 0 aliphatic heterocycles. The molecule has 88 valence electrons. The van der Waals surface area contributed by atoms with Crippen LogP contribution in [0.15, 0.2) is 10.9 Å². The van der Waals surface area contributed by atoms with E-state index < -0.39 is 0 Å². The fraction of sp³-hybridized carbons (Fsp3) is 0.636. The average Bonchev–Trinajstić information content (AvgIpc) is 2.20. The van der Waals surface area contributed by atoms with Crippen molar-refractivity contribution in [2.45, 2.75) is 44.8 Å². The first-order chi connectivity index (χ1) is 7.63. The lowest BCUT2D eigenvalue weighted by molar-refractivity contribution is 0.126. The average molecular weight is 223 g/mol. The molecule has 0 unspecified atom stereocenters. The number of aliphatic hydroxyl groups excluding tert-OH is 1. The van der Waals surface area contributed by atoms with Crippen molar-refractivity contribution >= 4 is 5.82 Å². The third kappa shape index (κ3) is 2.82. The summed E-state index contributed by atoms with van der Waals surface area (Å²) in [6.07, 6.45) is 3.33. The van der Waals surface area contributed by atoms with Gasteiger partial charge in [-0.3, -0.25) is 4.79 Å². The second-order valence-corrected chi connectivity index (χ2v) is 4.37. The van der Waals surface area contributed by atoms with E-state index in [1.54, 1.807) is 6.92 Å². The van der Waals surface area contributed by atoms with E-state index >= 15 is 0 Å². The van der Waals surface area contributed by atoms with Gasteiger partial charge in [-0.25, -0.2) is 4.98 Å². The van der Waals surface area contributed by atoms with Gasteiger partial charge >= 0.3 is 0 Å². The fourth-order valence-corrected chi connectivity index (χ4v) is 2.08. The van der Waals surface area contributed by atoms with Gasteiger partial charge in [-0.2, -0.15) is 0 Å². The first-order valence-corrected chi connectivity index (χ1v) is 5.66. The molecule has 0 saturated heterocycles. The summed E-state index contributed by atoms with van der Waals surface area (Å²) in [4.78, 5) is 18.1. The predicted molar refractivity (Wildman–Crippen MR) is 61.5 cm³/mol.